The minimum atomic E-state index is -1.82. The second-order valence-corrected chi connectivity index (χ2v) is 6.85. The molecule has 0 fully saturated rings. The largest absolute Gasteiger partial charge is 0.473 e. The van der Waals surface area contributed by atoms with Crippen molar-refractivity contribution in [3.05, 3.63) is 70.7 Å². The van der Waals surface area contributed by atoms with Gasteiger partial charge in [-0.15, -0.1) is 0 Å². The molecule has 2 aromatic carbocycles. The molecule has 27 heavy (non-hydrogen) atoms. The zero-order valence-electron chi connectivity index (χ0n) is 15.5. The Morgan fingerprint density at radius 3 is 1.81 bits per heavy atom. The van der Waals surface area contributed by atoms with Crippen molar-refractivity contribution in [1.29, 1.82) is 0 Å². The van der Waals surface area contributed by atoms with Crippen LogP contribution in [-0.2, 0) is 15.2 Å². The molecule has 2 rings (SSSR count). The predicted octanol–water partition coefficient (Wildman–Crippen LogP) is 2.93. The quantitative estimate of drug-likeness (QED) is 0.675. The van der Waals surface area contributed by atoms with Crippen LogP contribution in [0, 0.1) is 5.92 Å². The molecule has 0 radical (unpaired) electrons. The molecule has 0 aliphatic heterocycles. The van der Waals surface area contributed by atoms with Gasteiger partial charge in [-0.2, -0.15) is 0 Å². The van der Waals surface area contributed by atoms with E-state index in [0.29, 0.717) is 5.02 Å². The highest BCUT2D eigenvalue weighted by Gasteiger charge is 2.37. The lowest BCUT2D eigenvalue weighted by molar-refractivity contribution is -0.159. The molecule has 0 saturated heterocycles. The minimum Gasteiger partial charge on any atom is -0.473 e. The zero-order chi connectivity index (χ0) is 20.6. The number of benzene rings is 2. The molecule has 0 amide bonds. The lowest BCUT2D eigenvalue weighted by Gasteiger charge is -2.36. The van der Waals surface area contributed by atoms with Gasteiger partial charge in [0, 0.05) is 17.5 Å². The Kier molecular flexibility index (Phi) is 8.43. The normalized spacial score (nSPS) is 13.9. The van der Waals surface area contributed by atoms with E-state index < -0.39 is 17.5 Å². The number of aliphatic carboxylic acids is 2. The first-order chi connectivity index (χ1) is 12.6. The van der Waals surface area contributed by atoms with E-state index in [1.807, 2.05) is 68.7 Å². The number of rotatable bonds is 5. The van der Waals surface area contributed by atoms with Crippen LogP contribution in [0.1, 0.15) is 18.1 Å². The fraction of sp³-hybridized carbons (Fsp3) is 0.300. The predicted molar refractivity (Wildman–Crippen MR) is 104 cm³/mol. The highest BCUT2D eigenvalue weighted by molar-refractivity contribution is 6.30. The van der Waals surface area contributed by atoms with E-state index >= 15 is 0 Å². The summed E-state index contributed by atoms with van der Waals surface area (Å²) < 4.78 is 0. The summed E-state index contributed by atoms with van der Waals surface area (Å²) in [5, 5.41) is 27.0. The number of nitrogens with zero attached hydrogens (tertiary/aromatic N) is 1. The zero-order valence-corrected chi connectivity index (χ0v) is 16.2. The SMILES string of the molecule is CC(CN(C)C)C(O)(c1ccccc1)c1ccc(Cl)cc1.O=C(O)C(=O)O. The van der Waals surface area contributed by atoms with Gasteiger partial charge in [0.2, 0.25) is 0 Å². The Hall–Kier alpha value is -2.41. The van der Waals surface area contributed by atoms with Crippen LogP contribution in [0.2, 0.25) is 5.02 Å². The van der Waals surface area contributed by atoms with E-state index in [2.05, 4.69) is 11.8 Å². The third kappa shape index (κ3) is 6.36. The van der Waals surface area contributed by atoms with Crippen molar-refractivity contribution in [2.75, 3.05) is 20.6 Å². The molecule has 7 heteroatoms. The Morgan fingerprint density at radius 1 is 0.963 bits per heavy atom. The maximum atomic E-state index is 11.5. The summed E-state index contributed by atoms with van der Waals surface area (Å²) in [6.07, 6.45) is 0. The molecule has 6 nitrogen and oxygen atoms in total. The Morgan fingerprint density at radius 2 is 1.41 bits per heavy atom. The van der Waals surface area contributed by atoms with Crippen molar-refractivity contribution in [2.45, 2.75) is 12.5 Å². The van der Waals surface area contributed by atoms with Crippen LogP contribution >= 0.6 is 11.6 Å². The number of hydrogen-bond acceptors (Lipinski definition) is 4. The number of aliphatic hydroxyl groups is 1. The first kappa shape index (κ1) is 22.6. The first-order valence-electron chi connectivity index (χ1n) is 8.24. The monoisotopic (exact) mass is 393 g/mol. The summed E-state index contributed by atoms with van der Waals surface area (Å²) in [4.78, 5) is 20.3. The second kappa shape index (κ2) is 10.1. The van der Waals surface area contributed by atoms with Crippen LogP contribution in [0.25, 0.3) is 0 Å². The van der Waals surface area contributed by atoms with E-state index in [1.165, 1.54) is 0 Å². The Labute approximate surface area is 163 Å². The van der Waals surface area contributed by atoms with Crippen LogP contribution in [0.15, 0.2) is 54.6 Å². The number of carboxylic acids is 2. The van der Waals surface area contributed by atoms with Gasteiger partial charge >= 0.3 is 11.9 Å². The molecular weight excluding hydrogens is 370 g/mol. The summed E-state index contributed by atoms with van der Waals surface area (Å²) in [5.74, 6) is -3.61. The van der Waals surface area contributed by atoms with Crippen LogP contribution in [-0.4, -0.2) is 52.8 Å². The smallest absolute Gasteiger partial charge is 0.414 e. The maximum absolute atomic E-state index is 11.5. The molecule has 0 bridgehead atoms. The van der Waals surface area contributed by atoms with Crippen LogP contribution in [0.5, 0.6) is 0 Å². The molecule has 0 heterocycles. The van der Waals surface area contributed by atoms with Crippen molar-refractivity contribution in [2.24, 2.45) is 5.92 Å². The summed E-state index contributed by atoms with van der Waals surface area (Å²) in [7, 11) is 4.04. The van der Waals surface area contributed by atoms with Crippen molar-refractivity contribution in [1.82, 2.24) is 4.90 Å². The van der Waals surface area contributed by atoms with Crippen molar-refractivity contribution < 1.29 is 24.9 Å². The molecule has 0 spiro atoms. The van der Waals surface area contributed by atoms with Crippen LogP contribution in [0.4, 0.5) is 0 Å². The van der Waals surface area contributed by atoms with Gasteiger partial charge in [0.05, 0.1) is 0 Å². The van der Waals surface area contributed by atoms with Crippen LogP contribution < -0.4 is 0 Å². The van der Waals surface area contributed by atoms with Crippen molar-refractivity contribution >= 4 is 23.5 Å². The van der Waals surface area contributed by atoms with E-state index in [0.717, 1.165) is 17.7 Å². The standard InChI is InChI=1S/C18H22ClNO.C2H2O4/c1-14(13-20(2)3)18(21,15-7-5-4-6-8-15)16-9-11-17(19)12-10-16;3-1(4)2(5)6/h4-12,14,21H,13H2,1-3H3;(H,3,4)(H,5,6). The molecular formula is C20H24ClNO5. The summed E-state index contributed by atoms with van der Waals surface area (Å²) in [6.45, 7) is 2.86. The number of hydrogen-bond donors (Lipinski definition) is 3. The topological polar surface area (TPSA) is 98.1 Å². The number of carbonyl (C=O) groups is 2. The highest BCUT2D eigenvalue weighted by Crippen LogP contribution is 2.37. The molecule has 2 aromatic rings. The molecule has 2 unspecified atom stereocenters. The number of halogens is 1. The van der Waals surface area contributed by atoms with Gasteiger partial charge in [-0.1, -0.05) is 61.0 Å². The molecule has 0 aliphatic carbocycles. The third-order valence-electron chi connectivity index (χ3n) is 4.03. The molecule has 0 aromatic heterocycles. The van der Waals surface area contributed by atoms with Crippen LogP contribution in [0.3, 0.4) is 0 Å². The van der Waals surface area contributed by atoms with Gasteiger partial charge < -0.3 is 20.2 Å². The van der Waals surface area contributed by atoms with Crippen molar-refractivity contribution in [3.63, 3.8) is 0 Å². The average Bonchev–Trinajstić information content (AvgIpc) is 2.62. The lowest BCUT2D eigenvalue weighted by atomic mass is 9.76. The lowest BCUT2D eigenvalue weighted by Crippen LogP contribution is -2.40. The highest BCUT2D eigenvalue weighted by atomic mass is 35.5. The van der Waals surface area contributed by atoms with E-state index in [4.69, 9.17) is 31.4 Å². The average molecular weight is 394 g/mol. The van der Waals surface area contributed by atoms with E-state index in [9.17, 15) is 5.11 Å². The third-order valence-corrected chi connectivity index (χ3v) is 4.29. The minimum absolute atomic E-state index is 0.0380. The number of carboxylic acid groups (broad SMARTS) is 2. The molecule has 0 saturated carbocycles. The second-order valence-electron chi connectivity index (χ2n) is 6.41. The van der Waals surface area contributed by atoms with Crippen molar-refractivity contribution in [3.8, 4) is 0 Å². The fourth-order valence-corrected chi connectivity index (χ4v) is 2.94. The van der Waals surface area contributed by atoms with E-state index in [1.54, 1.807) is 0 Å². The fourth-order valence-electron chi connectivity index (χ4n) is 2.81. The molecule has 146 valence electrons. The van der Waals surface area contributed by atoms with E-state index in [-0.39, 0.29) is 5.92 Å². The molecule has 3 N–H and O–H groups in total. The van der Waals surface area contributed by atoms with Gasteiger partial charge in [0.1, 0.15) is 5.60 Å². The maximum Gasteiger partial charge on any atom is 0.414 e. The van der Waals surface area contributed by atoms with Gasteiger partial charge in [-0.25, -0.2) is 9.59 Å². The van der Waals surface area contributed by atoms with Gasteiger partial charge in [0.25, 0.3) is 0 Å². The summed E-state index contributed by atoms with van der Waals surface area (Å²) in [6, 6.07) is 17.3. The molecule has 2 atom stereocenters. The summed E-state index contributed by atoms with van der Waals surface area (Å²) >= 11 is 5.98. The van der Waals surface area contributed by atoms with Gasteiger partial charge in [-0.05, 0) is 37.4 Å². The molecule has 0 aliphatic rings. The summed E-state index contributed by atoms with van der Waals surface area (Å²) in [5.41, 5.74) is 0.741. The Balaban J connectivity index is 0.000000527. The first-order valence-corrected chi connectivity index (χ1v) is 8.61. The van der Waals surface area contributed by atoms with Gasteiger partial charge in [0.15, 0.2) is 0 Å². The van der Waals surface area contributed by atoms with Gasteiger partial charge in [-0.3, -0.25) is 0 Å². The Bertz CT molecular complexity index is 737.